The molecule has 0 aliphatic carbocycles. The largest absolute Gasteiger partial charge is 0.388 e. The van der Waals surface area contributed by atoms with Crippen LogP contribution in [0.15, 0.2) is 39.0 Å². The van der Waals surface area contributed by atoms with E-state index in [1.165, 1.54) is 7.05 Å². The molecule has 24 heavy (non-hydrogen) atoms. The van der Waals surface area contributed by atoms with Gasteiger partial charge < -0.3 is 19.0 Å². The zero-order valence-electron chi connectivity index (χ0n) is 11.9. The average Bonchev–Trinajstić information content (AvgIpc) is 2.41. The predicted octanol–water partition coefficient (Wildman–Crippen LogP) is 1.96. The highest BCUT2D eigenvalue weighted by molar-refractivity contribution is 8.19. The standard InChI is InChI=1S/C11H13NO9S3/c1-12-9-4-7(22(13,14)15)2-6-3-8(23(16,17)18)5-10(11(6)9)24(19,20)21/h2-5,12-15H,1H3,(H,16,17,18)(H,19,20,21). The van der Waals surface area contributed by atoms with Crippen LogP contribution in [0.1, 0.15) is 0 Å². The SMILES string of the molecule is CNc1cc(S(O)(O)O)cc2cc(S(=O)(=O)O)cc(S(=O)(=O)O)c12. The van der Waals surface area contributed by atoms with Crippen LogP contribution < -0.4 is 5.32 Å². The molecule has 10 nitrogen and oxygen atoms in total. The molecule has 2 aromatic carbocycles. The first-order valence-electron chi connectivity index (χ1n) is 6.00. The molecular weight excluding hydrogens is 386 g/mol. The lowest BCUT2D eigenvalue weighted by atomic mass is 10.1. The van der Waals surface area contributed by atoms with Crippen LogP contribution in [0.25, 0.3) is 10.8 Å². The zero-order chi connectivity index (χ0) is 18.5. The Morgan fingerprint density at radius 2 is 1.33 bits per heavy atom. The number of fused-ring (bicyclic) bond motifs is 1. The summed E-state index contributed by atoms with van der Waals surface area (Å²) >= 11 is 0. The fraction of sp³-hybridized carbons (Fsp3) is 0.0909. The Labute approximate surface area is 138 Å². The second-order valence-electron chi connectivity index (χ2n) is 4.71. The van der Waals surface area contributed by atoms with Crippen molar-refractivity contribution in [3.63, 3.8) is 0 Å². The molecule has 0 aliphatic rings. The Bertz CT molecular complexity index is 1020. The molecule has 0 aliphatic heterocycles. The van der Waals surface area contributed by atoms with Gasteiger partial charge in [0.2, 0.25) is 0 Å². The van der Waals surface area contributed by atoms with Gasteiger partial charge in [0.1, 0.15) is 15.8 Å². The molecule has 0 atom stereocenters. The maximum Gasteiger partial charge on any atom is 0.295 e. The molecule has 2 rings (SSSR count). The van der Waals surface area contributed by atoms with Gasteiger partial charge in [0, 0.05) is 18.1 Å². The third-order valence-corrected chi connectivity index (χ3v) is 5.70. The van der Waals surface area contributed by atoms with Gasteiger partial charge in [-0.1, -0.05) is 0 Å². The van der Waals surface area contributed by atoms with E-state index < -0.39 is 45.8 Å². The third-order valence-electron chi connectivity index (χ3n) is 3.12. The molecule has 0 spiro atoms. The van der Waals surface area contributed by atoms with Crippen molar-refractivity contribution in [1.82, 2.24) is 0 Å². The Kier molecular flexibility index (Phi) is 4.58. The van der Waals surface area contributed by atoms with E-state index in [0.29, 0.717) is 6.07 Å². The minimum Gasteiger partial charge on any atom is -0.388 e. The lowest BCUT2D eigenvalue weighted by Gasteiger charge is -2.21. The summed E-state index contributed by atoms with van der Waals surface area (Å²) in [6.45, 7) is 0. The summed E-state index contributed by atoms with van der Waals surface area (Å²) in [6, 6.07) is 3.37. The number of benzene rings is 2. The van der Waals surface area contributed by atoms with Crippen LogP contribution in [0.3, 0.4) is 0 Å². The summed E-state index contributed by atoms with van der Waals surface area (Å²) in [5.74, 6) is 0. The number of hydrogen-bond acceptors (Lipinski definition) is 8. The van der Waals surface area contributed by atoms with Crippen molar-refractivity contribution in [3.8, 4) is 0 Å². The topological polar surface area (TPSA) is 181 Å². The molecule has 0 bridgehead atoms. The molecular formula is C11H13NO9S3. The second kappa shape index (κ2) is 5.82. The van der Waals surface area contributed by atoms with Gasteiger partial charge in [-0.3, -0.25) is 9.11 Å². The summed E-state index contributed by atoms with van der Waals surface area (Å²) in [6.07, 6.45) is 0. The van der Waals surface area contributed by atoms with E-state index in [9.17, 15) is 35.0 Å². The van der Waals surface area contributed by atoms with Crippen molar-refractivity contribution in [3.05, 3.63) is 24.3 Å². The summed E-state index contributed by atoms with van der Waals surface area (Å²) < 4.78 is 92.4. The molecule has 0 fully saturated rings. The molecule has 134 valence electrons. The van der Waals surface area contributed by atoms with Crippen LogP contribution >= 0.6 is 10.9 Å². The molecule has 0 saturated carbocycles. The minimum atomic E-state index is -4.89. The molecule has 0 radical (unpaired) electrons. The van der Waals surface area contributed by atoms with Gasteiger partial charge in [0.25, 0.3) is 20.2 Å². The van der Waals surface area contributed by atoms with E-state index in [4.69, 9.17) is 4.55 Å². The maximum absolute atomic E-state index is 11.6. The summed E-state index contributed by atoms with van der Waals surface area (Å²) in [7, 11) is -12.5. The Balaban J connectivity index is 3.09. The summed E-state index contributed by atoms with van der Waals surface area (Å²) in [5, 5.41) is 2.19. The van der Waals surface area contributed by atoms with Gasteiger partial charge in [0.15, 0.2) is 0 Å². The molecule has 0 aromatic heterocycles. The molecule has 0 heterocycles. The predicted molar refractivity (Wildman–Crippen MR) is 86.9 cm³/mol. The van der Waals surface area contributed by atoms with Crippen LogP contribution in [-0.4, -0.2) is 46.6 Å². The molecule has 13 heteroatoms. The van der Waals surface area contributed by atoms with E-state index in [0.717, 1.165) is 18.2 Å². The molecule has 0 amide bonds. The van der Waals surface area contributed by atoms with Crippen molar-refractivity contribution in [2.45, 2.75) is 14.7 Å². The number of nitrogens with one attached hydrogen (secondary N) is 1. The van der Waals surface area contributed by atoms with Gasteiger partial charge in [-0.05, 0) is 29.7 Å². The number of rotatable bonds is 4. The normalized spacial score (nSPS) is 13.9. The van der Waals surface area contributed by atoms with Crippen molar-refractivity contribution in [2.24, 2.45) is 0 Å². The van der Waals surface area contributed by atoms with Crippen molar-refractivity contribution >= 4 is 47.6 Å². The minimum absolute atomic E-state index is 0.0361. The van der Waals surface area contributed by atoms with Crippen LogP contribution in [0, 0.1) is 0 Å². The second-order valence-corrected chi connectivity index (χ2v) is 9.03. The van der Waals surface area contributed by atoms with Crippen LogP contribution in [0.5, 0.6) is 0 Å². The van der Waals surface area contributed by atoms with Crippen molar-refractivity contribution in [1.29, 1.82) is 0 Å². The number of anilines is 1. The van der Waals surface area contributed by atoms with E-state index >= 15 is 0 Å². The fourth-order valence-corrected chi connectivity index (χ4v) is 4.07. The van der Waals surface area contributed by atoms with E-state index in [1.54, 1.807) is 0 Å². The highest BCUT2D eigenvalue weighted by atomic mass is 32.3. The highest BCUT2D eigenvalue weighted by Gasteiger charge is 2.25. The van der Waals surface area contributed by atoms with Gasteiger partial charge in [-0.25, -0.2) is 0 Å². The van der Waals surface area contributed by atoms with Crippen LogP contribution in [0.2, 0.25) is 0 Å². The molecule has 6 N–H and O–H groups in total. The van der Waals surface area contributed by atoms with Crippen molar-refractivity contribution < 1.29 is 39.6 Å². The van der Waals surface area contributed by atoms with Crippen molar-refractivity contribution in [2.75, 3.05) is 12.4 Å². The maximum atomic E-state index is 11.6. The summed E-state index contributed by atoms with van der Waals surface area (Å²) in [5.41, 5.74) is -0.0361. The van der Waals surface area contributed by atoms with Gasteiger partial charge >= 0.3 is 0 Å². The first kappa shape index (κ1) is 18.9. The average molecular weight is 399 g/mol. The van der Waals surface area contributed by atoms with Crippen LogP contribution in [0.4, 0.5) is 5.69 Å². The lowest BCUT2D eigenvalue weighted by molar-refractivity contribution is 0.376. The summed E-state index contributed by atoms with van der Waals surface area (Å²) in [4.78, 5) is -2.08. The Morgan fingerprint density at radius 1 is 0.792 bits per heavy atom. The van der Waals surface area contributed by atoms with E-state index in [-0.39, 0.29) is 16.5 Å². The highest BCUT2D eigenvalue weighted by Crippen LogP contribution is 2.47. The number of hydrogen-bond donors (Lipinski definition) is 6. The Hall–Kier alpha value is -1.45. The monoisotopic (exact) mass is 399 g/mol. The quantitative estimate of drug-likeness (QED) is 0.416. The first-order valence-corrected chi connectivity index (χ1v) is 10.4. The molecule has 0 saturated heterocycles. The van der Waals surface area contributed by atoms with E-state index in [2.05, 4.69) is 5.32 Å². The fourth-order valence-electron chi connectivity index (χ4n) is 2.13. The first-order chi connectivity index (χ1) is 10.7. The lowest BCUT2D eigenvalue weighted by Crippen LogP contribution is -2.07. The van der Waals surface area contributed by atoms with Gasteiger partial charge in [0.05, 0.1) is 9.79 Å². The zero-order valence-corrected chi connectivity index (χ0v) is 14.4. The van der Waals surface area contributed by atoms with Crippen LogP contribution in [-0.2, 0) is 20.2 Å². The molecule has 0 unspecified atom stereocenters. The smallest absolute Gasteiger partial charge is 0.295 e. The third kappa shape index (κ3) is 3.62. The molecule has 2 aromatic rings. The van der Waals surface area contributed by atoms with Gasteiger partial charge in [-0.2, -0.15) is 16.8 Å². The van der Waals surface area contributed by atoms with E-state index in [1.807, 2.05) is 0 Å². The Morgan fingerprint density at radius 3 is 1.75 bits per heavy atom. The van der Waals surface area contributed by atoms with Gasteiger partial charge in [-0.15, -0.1) is 0 Å².